The molecular formula is C28H29FN8O5. The van der Waals surface area contributed by atoms with E-state index in [9.17, 15) is 23.9 Å². The molecule has 1 aliphatic heterocycles. The highest BCUT2D eigenvalue weighted by Gasteiger charge is 2.52. The van der Waals surface area contributed by atoms with Crippen molar-refractivity contribution in [2.24, 2.45) is 10.8 Å². The zero-order valence-electron chi connectivity index (χ0n) is 22.6. The predicted octanol–water partition coefficient (Wildman–Crippen LogP) is 2.74. The summed E-state index contributed by atoms with van der Waals surface area (Å²) in [6, 6.07) is 6.38. The van der Waals surface area contributed by atoms with Crippen LogP contribution < -0.4 is 20.3 Å². The lowest BCUT2D eigenvalue weighted by Gasteiger charge is -2.51. The average molecular weight is 577 g/mol. The van der Waals surface area contributed by atoms with E-state index in [1.165, 1.54) is 11.0 Å². The number of carbonyl (C=O) groups is 3. The molecule has 3 heterocycles. The molecule has 13 nitrogen and oxygen atoms in total. The number of aromatic nitrogens is 3. The van der Waals surface area contributed by atoms with Crippen LogP contribution in [0.25, 0.3) is 5.65 Å². The Morgan fingerprint density at radius 1 is 1.10 bits per heavy atom. The second kappa shape index (κ2) is 10.2. The van der Waals surface area contributed by atoms with E-state index in [2.05, 4.69) is 20.7 Å². The van der Waals surface area contributed by atoms with Crippen molar-refractivity contribution in [1.82, 2.24) is 25.2 Å². The van der Waals surface area contributed by atoms with Crippen molar-refractivity contribution in [2.75, 3.05) is 18.1 Å². The SMILES string of the molecule is N=CN1C(=N)COc2ccc(CNC(=O)c3cc(C(=O)NCC45CCC(C(=O)O)(CC4)CC5)n4ncc(F)c4n3)cc21. The van der Waals surface area contributed by atoms with Crippen LogP contribution in [0.1, 0.15) is 65.1 Å². The molecule has 4 aliphatic rings. The second-order valence-corrected chi connectivity index (χ2v) is 11.2. The molecule has 0 spiro atoms. The third kappa shape index (κ3) is 4.62. The number of benzene rings is 1. The summed E-state index contributed by atoms with van der Waals surface area (Å²) in [6.45, 7) is 0.435. The lowest BCUT2D eigenvalue weighted by molar-refractivity contribution is -0.158. The first kappa shape index (κ1) is 27.3. The molecule has 7 rings (SSSR count). The number of ether oxygens (including phenoxy) is 1. The molecule has 3 aliphatic carbocycles. The highest BCUT2D eigenvalue weighted by molar-refractivity contribution is 6.12. The summed E-state index contributed by atoms with van der Waals surface area (Å²) in [5.41, 5.74) is -0.185. The van der Waals surface area contributed by atoms with E-state index >= 15 is 0 Å². The van der Waals surface area contributed by atoms with Gasteiger partial charge in [0.1, 0.15) is 29.6 Å². The van der Waals surface area contributed by atoms with Crippen LogP contribution in [0.3, 0.4) is 0 Å². The fourth-order valence-corrected chi connectivity index (χ4v) is 6.19. The zero-order chi connectivity index (χ0) is 29.6. The van der Waals surface area contributed by atoms with Crippen LogP contribution in [-0.4, -0.2) is 62.8 Å². The van der Waals surface area contributed by atoms with Gasteiger partial charge in [-0.05, 0) is 61.6 Å². The molecule has 3 fully saturated rings. The van der Waals surface area contributed by atoms with Crippen molar-refractivity contribution in [3.05, 3.63) is 53.2 Å². The number of anilines is 1. The largest absolute Gasteiger partial charge is 0.483 e. The van der Waals surface area contributed by atoms with Crippen molar-refractivity contribution in [2.45, 2.75) is 45.1 Å². The Kier molecular flexibility index (Phi) is 6.62. The molecule has 3 saturated carbocycles. The van der Waals surface area contributed by atoms with E-state index in [1.807, 2.05) is 0 Å². The highest BCUT2D eigenvalue weighted by Crippen LogP contribution is 2.56. The van der Waals surface area contributed by atoms with Gasteiger partial charge in [-0.3, -0.25) is 30.1 Å². The van der Waals surface area contributed by atoms with E-state index < -0.39 is 29.0 Å². The number of halogens is 1. The third-order valence-corrected chi connectivity index (χ3v) is 8.89. The van der Waals surface area contributed by atoms with Gasteiger partial charge in [-0.2, -0.15) is 5.10 Å². The Morgan fingerprint density at radius 3 is 2.52 bits per heavy atom. The maximum Gasteiger partial charge on any atom is 0.309 e. The molecule has 3 aromatic rings. The third-order valence-electron chi connectivity index (χ3n) is 8.89. The van der Waals surface area contributed by atoms with E-state index in [0.717, 1.165) is 17.1 Å². The van der Waals surface area contributed by atoms with Gasteiger partial charge in [0.05, 0.1) is 23.6 Å². The zero-order valence-corrected chi connectivity index (χ0v) is 22.6. The Balaban J connectivity index is 1.17. The van der Waals surface area contributed by atoms with Crippen molar-refractivity contribution in [3.63, 3.8) is 0 Å². The van der Waals surface area contributed by atoms with Gasteiger partial charge in [0, 0.05) is 19.2 Å². The van der Waals surface area contributed by atoms with Crippen molar-refractivity contribution >= 4 is 41.3 Å². The van der Waals surface area contributed by atoms with Gasteiger partial charge in [0.2, 0.25) is 0 Å². The van der Waals surface area contributed by atoms with Crippen LogP contribution in [-0.2, 0) is 11.3 Å². The van der Waals surface area contributed by atoms with E-state index in [1.54, 1.807) is 18.2 Å². The number of aliphatic carboxylic acids is 1. The van der Waals surface area contributed by atoms with Crippen LogP contribution in [0.2, 0.25) is 0 Å². The number of fused-ring (bicyclic) bond motifs is 5. The highest BCUT2D eigenvalue weighted by atomic mass is 19.1. The molecule has 14 heteroatoms. The topological polar surface area (TPSA) is 186 Å². The van der Waals surface area contributed by atoms with E-state index in [0.29, 0.717) is 62.1 Å². The van der Waals surface area contributed by atoms with Crippen LogP contribution in [0.4, 0.5) is 10.1 Å². The summed E-state index contributed by atoms with van der Waals surface area (Å²) in [5, 5.41) is 34.8. The number of nitrogens with one attached hydrogen (secondary N) is 4. The molecule has 0 saturated heterocycles. The van der Waals surface area contributed by atoms with Gasteiger partial charge in [0.15, 0.2) is 11.5 Å². The monoisotopic (exact) mass is 576 g/mol. The molecule has 0 radical (unpaired) electrons. The van der Waals surface area contributed by atoms with Gasteiger partial charge in [-0.15, -0.1) is 0 Å². The minimum Gasteiger partial charge on any atom is -0.483 e. The number of hydrogen-bond donors (Lipinski definition) is 5. The Morgan fingerprint density at radius 2 is 1.83 bits per heavy atom. The maximum absolute atomic E-state index is 14.5. The molecular weight excluding hydrogens is 547 g/mol. The first-order chi connectivity index (χ1) is 20.1. The summed E-state index contributed by atoms with van der Waals surface area (Å²) in [5.74, 6) is -2.11. The molecule has 2 aromatic heterocycles. The average Bonchev–Trinajstić information content (AvgIpc) is 3.39. The van der Waals surface area contributed by atoms with Gasteiger partial charge in [-0.1, -0.05) is 6.07 Å². The first-order valence-electron chi connectivity index (χ1n) is 13.6. The van der Waals surface area contributed by atoms with Gasteiger partial charge >= 0.3 is 5.97 Å². The number of rotatable bonds is 8. The van der Waals surface area contributed by atoms with Crippen LogP contribution in [0.15, 0.2) is 30.5 Å². The van der Waals surface area contributed by atoms with Gasteiger partial charge < -0.3 is 20.5 Å². The molecule has 0 unspecified atom stereocenters. The standard InChI is InChI=1S/C28H29FN8O5/c29-17-12-34-37-20(25(39)33-14-27-3-6-28(7-4-27,8-5-27)26(40)41)10-18(35-23(17)37)24(38)32-11-16-1-2-21-19(9-16)36(15-30)22(31)13-42-21/h1-2,9-10,12,15,30-31H,3-8,11,13-14H2,(H,32,38)(H,33,39)(H,40,41). The number of carbonyl (C=O) groups excluding carboxylic acids is 2. The molecule has 5 N–H and O–H groups in total. The Labute approximate surface area is 239 Å². The number of amidine groups is 1. The lowest BCUT2D eigenvalue weighted by atomic mass is 9.53. The quantitative estimate of drug-likeness (QED) is 0.200. The van der Waals surface area contributed by atoms with Crippen molar-refractivity contribution in [3.8, 4) is 5.75 Å². The summed E-state index contributed by atoms with van der Waals surface area (Å²) < 4.78 is 21.1. The van der Waals surface area contributed by atoms with Crippen LogP contribution in [0.5, 0.6) is 5.75 Å². The first-order valence-corrected chi connectivity index (χ1v) is 13.6. The fourth-order valence-electron chi connectivity index (χ4n) is 6.19. The number of hydrogen-bond acceptors (Lipinski definition) is 8. The summed E-state index contributed by atoms with van der Waals surface area (Å²) in [6.07, 6.45) is 5.76. The van der Waals surface area contributed by atoms with Crippen LogP contribution >= 0.6 is 0 Å². The maximum atomic E-state index is 14.5. The number of carboxylic acids is 1. The molecule has 1 aromatic carbocycles. The summed E-state index contributed by atoms with van der Waals surface area (Å²) in [7, 11) is 0. The van der Waals surface area contributed by atoms with Gasteiger partial charge in [0.25, 0.3) is 11.8 Å². The van der Waals surface area contributed by atoms with E-state index in [4.69, 9.17) is 15.6 Å². The summed E-state index contributed by atoms with van der Waals surface area (Å²) >= 11 is 0. The van der Waals surface area contributed by atoms with E-state index in [-0.39, 0.29) is 41.4 Å². The van der Waals surface area contributed by atoms with Crippen molar-refractivity contribution < 1.29 is 28.6 Å². The van der Waals surface area contributed by atoms with Crippen LogP contribution in [0, 0.1) is 27.5 Å². The lowest BCUT2D eigenvalue weighted by Crippen LogP contribution is -2.50. The minimum absolute atomic E-state index is 0.0417. The number of amides is 2. The summed E-state index contributed by atoms with van der Waals surface area (Å²) in [4.78, 5) is 43.7. The molecule has 0 atom stereocenters. The van der Waals surface area contributed by atoms with Crippen molar-refractivity contribution in [1.29, 1.82) is 10.8 Å². The molecule has 218 valence electrons. The molecule has 2 amide bonds. The smallest absolute Gasteiger partial charge is 0.309 e. The fraction of sp³-hybridized carbons (Fsp3) is 0.393. The van der Waals surface area contributed by atoms with Gasteiger partial charge in [-0.25, -0.2) is 13.9 Å². The number of carboxylic acid groups (broad SMARTS) is 1. The molecule has 42 heavy (non-hydrogen) atoms. The Bertz CT molecular complexity index is 1630. The normalized spacial score (nSPS) is 22.8. The molecule has 2 bridgehead atoms. The number of nitrogens with zero attached hydrogens (tertiary/aromatic N) is 4. The minimum atomic E-state index is -0.786. The second-order valence-electron chi connectivity index (χ2n) is 11.2. The Hall–Kier alpha value is -4.88. The predicted molar refractivity (Wildman–Crippen MR) is 148 cm³/mol.